The van der Waals surface area contributed by atoms with Crippen molar-refractivity contribution in [3.8, 4) is 5.75 Å². The van der Waals surface area contributed by atoms with Gasteiger partial charge in [0.25, 0.3) is 11.8 Å². The molecule has 1 aromatic rings. The minimum atomic E-state index is -1.12. The molecule has 0 unspecified atom stereocenters. The molecule has 0 spiro atoms. The van der Waals surface area contributed by atoms with Gasteiger partial charge in [-0.05, 0) is 53.1 Å². The highest BCUT2D eigenvalue weighted by Gasteiger charge is 2.42. The fourth-order valence-electron chi connectivity index (χ4n) is 4.35. The minimum Gasteiger partial charge on any atom is -0.476 e. The van der Waals surface area contributed by atoms with Crippen LogP contribution >= 0.6 is 11.6 Å². The molecular formula is C23H33ClN4O5. The molecule has 0 aromatic heterocycles. The molecule has 9 nitrogen and oxygen atoms in total. The Morgan fingerprint density at radius 3 is 2.73 bits per heavy atom. The molecule has 33 heavy (non-hydrogen) atoms. The average Bonchev–Trinajstić information content (AvgIpc) is 2.76. The molecule has 2 heterocycles. The summed E-state index contributed by atoms with van der Waals surface area (Å²) in [5.74, 6) is -0.0503. The predicted molar refractivity (Wildman–Crippen MR) is 126 cm³/mol. The number of piperidine rings is 1. The number of nitrogens with one attached hydrogen (secondary N) is 2. The van der Waals surface area contributed by atoms with E-state index in [9.17, 15) is 14.4 Å². The maximum atomic E-state index is 13.6. The number of carbonyl (C=O) groups excluding carboxylic acids is 3. The summed E-state index contributed by atoms with van der Waals surface area (Å²) < 4.78 is 10.5. The van der Waals surface area contributed by atoms with E-state index in [4.69, 9.17) is 16.3 Å². The van der Waals surface area contributed by atoms with E-state index in [1.165, 1.54) is 12.0 Å². The Labute approximate surface area is 199 Å². The van der Waals surface area contributed by atoms with E-state index in [1.54, 1.807) is 26.0 Å². The molecule has 1 fully saturated rings. The second-order valence-corrected chi connectivity index (χ2v) is 9.50. The Bertz CT molecular complexity index is 914. The van der Waals surface area contributed by atoms with Crippen molar-refractivity contribution in [2.24, 2.45) is 0 Å². The van der Waals surface area contributed by atoms with Crippen LogP contribution in [0.4, 0.5) is 10.5 Å². The first-order valence-electron chi connectivity index (χ1n) is 11.3. The molecule has 2 aliphatic heterocycles. The minimum absolute atomic E-state index is 0.0216. The van der Waals surface area contributed by atoms with Gasteiger partial charge in [-0.25, -0.2) is 4.79 Å². The lowest BCUT2D eigenvalue weighted by atomic mass is 10.00. The van der Waals surface area contributed by atoms with Gasteiger partial charge in [-0.2, -0.15) is 0 Å². The highest BCUT2D eigenvalue weighted by Crippen LogP contribution is 2.41. The Hall–Kier alpha value is -2.52. The SMILES string of the molecule is COC(=O)NCCN1C(=O)C(C)(C)Oc2cc(Cl)c(C(=O)N(C(C)C)[C@@H]3CCCNC3)cc21. The van der Waals surface area contributed by atoms with E-state index in [1.807, 2.05) is 18.7 Å². The summed E-state index contributed by atoms with van der Waals surface area (Å²) in [6.07, 6.45) is 1.33. The number of alkyl carbamates (subject to hydrolysis) is 1. The fourth-order valence-corrected chi connectivity index (χ4v) is 4.58. The highest BCUT2D eigenvalue weighted by atomic mass is 35.5. The smallest absolute Gasteiger partial charge is 0.406 e. The van der Waals surface area contributed by atoms with Gasteiger partial charge >= 0.3 is 6.09 Å². The summed E-state index contributed by atoms with van der Waals surface area (Å²) >= 11 is 6.57. The number of hydrogen-bond donors (Lipinski definition) is 2. The molecule has 3 rings (SSSR count). The zero-order chi connectivity index (χ0) is 24.3. The van der Waals surface area contributed by atoms with Gasteiger partial charge in [-0.1, -0.05) is 11.6 Å². The van der Waals surface area contributed by atoms with Crippen molar-refractivity contribution in [3.63, 3.8) is 0 Å². The first kappa shape index (κ1) is 25.1. The largest absolute Gasteiger partial charge is 0.476 e. The van der Waals surface area contributed by atoms with E-state index in [-0.39, 0.29) is 42.0 Å². The monoisotopic (exact) mass is 480 g/mol. The molecule has 1 saturated heterocycles. The molecule has 2 N–H and O–H groups in total. The molecule has 0 radical (unpaired) electrons. The van der Waals surface area contributed by atoms with Crippen molar-refractivity contribution in [2.45, 2.75) is 58.2 Å². The summed E-state index contributed by atoms with van der Waals surface area (Å²) in [5, 5.41) is 6.20. The molecule has 0 saturated carbocycles. The predicted octanol–water partition coefficient (Wildman–Crippen LogP) is 2.80. The van der Waals surface area contributed by atoms with Crippen LogP contribution in [0.2, 0.25) is 5.02 Å². The molecule has 10 heteroatoms. The van der Waals surface area contributed by atoms with Gasteiger partial charge in [0.2, 0.25) is 0 Å². The van der Waals surface area contributed by atoms with E-state index in [2.05, 4.69) is 15.4 Å². The lowest BCUT2D eigenvalue weighted by molar-refractivity contribution is -0.132. The molecule has 2 aliphatic rings. The quantitative estimate of drug-likeness (QED) is 0.649. The van der Waals surface area contributed by atoms with Crippen LogP contribution in [0.1, 0.15) is 50.9 Å². The van der Waals surface area contributed by atoms with Crippen molar-refractivity contribution in [2.75, 3.05) is 38.2 Å². The number of methoxy groups -OCH3 is 1. The zero-order valence-electron chi connectivity index (χ0n) is 19.9. The number of anilines is 1. The van der Waals surface area contributed by atoms with E-state index < -0.39 is 11.7 Å². The summed E-state index contributed by atoms with van der Waals surface area (Å²) in [4.78, 5) is 41.6. The van der Waals surface area contributed by atoms with Gasteiger partial charge in [0, 0.05) is 37.8 Å². The molecule has 0 aliphatic carbocycles. The Morgan fingerprint density at radius 2 is 2.12 bits per heavy atom. The highest BCUT2D eigenvalue weighted by molar-refractivity contribution is 6.34. The van der Waals surface area contributed by atoms with E-state index >= 15 is 0 Å². The van der Waals surface area contributed by atoms with Crippen molar-refractivity contribution in [1.29, 1.82) is 0 Å². The maximum absolute atomic E-state index is 13.6. The third-order valence-corrected chi connectivity index (χ3v) is 6.25. The number of hydrogen-bond acceptors (Lipinski definition) is 6. The number of carbonyl (C=O) groups is 3. The summed E-state index contributed by atoms with van der Waals surface area (Å²) in [5.41, 5.74) is -0.355. The molecule has 3 amide bonds. The third-order valence-electron chi connectivity index (χ3n) is 5.94. The Balaban J connectivity index is 1.96. The van der Waals surface area contributed by atoms with Crippen LogP contribution in [0.3, 0.4) is 0 Å². The van der Waals surface area contributed by atoms with Crippen molar-refractivity contribution in [3.05, 3.63) is 22.7 Å². The van der Waals surface area contributed by atoms with Gasteiger partial charge in [0.1, 0.15) is 5.75 Å². The number of fused-ring (bicyclic) bond motifs is 1. The summed E-state index contributed by atoms with van der Waals surface area (Å²) in [6, 6.07) is 3.26. The summed E-state index contributed by atoms with van der Waals surface area (Å²) in [7, 11) is 1.27. The average molecular weight is 481 g/mol. The maximum Gasteiger partial charge on any atom is 0.406 e. The summed E-state index contributed by atoms with van der Waals surface area (Å²) in [6.45, 7) is 9.34. The molecule has 1 atom stereocenters. The lowest BCUT2D eigenvalue weighted by Crippen LogP contribution is -2.54. The second kappa shape index (κ2) is 10.2. The number of amides is 3. The van der Waals surface area contributed by atoms with Crippen LogP contribution < -0.4 is 20.3 Å². The normalized spacial score (nSPS) is 19.5. The van der Waals surface area contributed by atoms with Crippen LogP contribution in [0, 0.1) is 0 Å². The molecule has 1 aromatic carbocycles. The molecule has 0 bridgehead atoms. The Kier molecular flexibility index (Phi) is 7.74. The number of rotatable bonds is 6. The lowest BCUT2D eigenvalue weighted by Gasteiger charge is -2.40. The van der Waals surface area contributed by atoms with Crippen LogP contribution in [0.5, 0.6) is 5.75 Å². The van der Waals surface area contributed by atoms with Crippen LogP contribution in [-0.2, 0) is 9.53 Å². The fraction of sp³-hybridized carbons (Fsp3) is 0.609. The first-order chi connectivity index (χ1) is 15.6. The van der Waals surface area contributed by atoms with Gasteiger partial charge in [0.15, 0.2) is 5.60 Å². The van der Waals surface area contributed by atoms with Crippen LogP contribution in [0.15, 0.2) is 12.1 Å². The molecule has 182 valence electrons. The molecular weight excluding hydrogens is 448 g/mol. The number of nitrogens with zero attached hydrogens (tertiary/aromatic N) is 2. The third kappa shape index (κ3) is 5.35. The van der Waals surface area contributed by atoms with Crippen LogP contribution in [0.25, 0.3) is 0 Å². The number of benzene rings is 1. The van der Waals surface area contributed by atoms with E-state index in [0.29, 0.717) is 17.0 Å². The topological polar surface area (TPSA) is 100 Å². The van der Waals surface area contributed by atoms with E-state index in [0.717, 1.165) is 25.9 Å². The van der Waals surface area contributed by atoms with Crippen LogP contribution in [-0.4, -0.2) is 73.8 Å². The first-order valence-corrected chi connectivity index (χ1v) is 11.6. The van der Waals surface area contributed by atoms with Gasteiger partial charge in [-0.3, -0.25) is 9.59 Å². The van der Waals surface area contributed by atoms with Crippen molar-refractivity contribution >= 4 is 35.2 Å². The zero-order valence-corrected chi connectivity index (χ0v) is 20.6. The van der Waals surface area contributed by atoms with Crippen molar-refractivity contribution < 1.29 is 23.9 Å². The number of halogens is 1. The van der Waals surface area contributed by atoms with Gasteiger partial charge < -0.3 is 29.9 Å². The van der Waals surface area contributed by atoms with Crippen molar-refractivity contribution in [1.82, 2.24) is 15.5 Å². The second-order valence-electron chi connectivity index (χ2n) is 9.09. The Morgan fingerprint density at radius 1 is 1.39 bits per heavy atom. The number of ether oxygens (including phenoxy) is 2. The van der Waals surface area contributed by atoms with Gasteiger partial charge in [-0.15, -0.1) is 0 Å². The van der Waals surface area contributed by atoms with Gasteiger partial charge in [0.05, 0.1) is 23.4 Å². The standard InChI is InChI=1S/C23H33ClN4O5/c1-14(2)28(15-7-6-8-25-13-15)20(29)16-11-18-19(12-17(16)24)33-23(3,4)21(30)27(18)10-9-26-22(31)32-5/h11-12,14-15,25H,6-10,13H2,1-5H3,(H,26,31)/t15-/m1/s1.